The maximum absolute atomic E-state index is 12.3. The number of hydrogen-bond acceptors (Lipinski definition) is 12. The van der Waals surface area contributed by atoms with Gasteiger partial charge >= 0.3 is 5.69 Å². The Morgan fingerprint density at radius 1 is 1.10 bits per heavy atom. The summed E-state index contributed by atoms with van der Waals surface area (Å²) < 4.78 is 21.7. The minimum absolute atomic E-state index is 0.00359. The number of ether oxygens (including phenoxy) is 4. The quantitative estimate of drug-likeness (QED) is 0.179. The van der Waals surface area contributed by atoms with Crippen LogP contribution in [-0.4, -0.2) is 47.3 Å². The van der Waals surface area contributed by atoms with Crippen LogP contribution in [0.15, 0.2) is 47.6 Å². The lowest BCUT2D eigenvalue weighted by molar-refractivity contribution is -0.394. The zero-order valence-corrected chi connectivity index (χ0v) is 22.2. The van der Waals surface area contributed by atoms with Crippen molar-refractivity contribution >= 4 is 23.5 Å². The molecule has 212 valence electrons. The molecular weight excluding hydrogens is 540 g/mol. The molecule has 0 atom stereocenters. The summed E-state index contributed by atoms with van der Waals surface area (Å²) in [5.74, 6) is -0.501. The van der Waals surface area contributed by atoms with Gasteiger partial charge in [0.25, 0.3) is 11.6 Å². The van der Waals surface area contributed by atoms with E-state index in [1.54, 1.807) is 26.0 Å². The summed E-state index contributed by atoms with van der Waals surface area (Å²) in [6, 6.07) is 11.3. The minimum atomic E-state index is -0.787. The molecule has 3 rings (SSSR count). The standard InChI is InChI=1S/C26H24N6O9/c1-4-39-24-10-17(5-7-23(24)41-22-8-6-19(31(34)35)11-21(22)32(36)37)13-28-30-25(33)15-40-26-20(12-27)18(14-38-3)9-16(2)29-26/h5-11,13H,4,14-15H2,1-3H3,(H,30,33)/b28-13-. The summed E-state index contributed by atoms with van der Waals surface area (Å²) in [5, 5.41) is 35.7. The number of nitriles is 1. The molecule has 0 spiro atoms. The number of pyridine rings is 1. The number of aromatic nitrogens is 1. The van der Waals surface area contributed by atoms with Gasteiger partial charge in [-0.2, -0.15) is 10.4 Å². The van der Waals surface area contributed by atoms with E-state index in [0.29, 0.717) is 16.8 Å². The van der Waals surface area contributed by atoms with Gasteiger partial charge in [-0.15, -0.1) is 0 Å². The van der Waals surface area contributed by atoms with Gasteiger partial charge in [0.05, 0.1) is 35.3 Å². The molecule has 1 aromatic heterocycles. The minimum Gasteiger partial charge on any atom is -0.490 e. The number of carbonyl (C=O) groups is 1. The van der Waals surface area contributed by atoms with Crippen LogP contribution in [0.2, 0.25) is 0 Å². The molecule has 0 aliphatic rings. The number of hydrogen-bond donors (Lipinski definition) is 1. The fourth-order valence-electron chi connectivity index (χ4n) is 3.47. The third-order valence-electron chi connectivity index (χ3n) is 5.19. The van der Waals surface area contributed by atoms with Crippen molar-refractivity contribution in [3.63, 3.8) is 0 Å². The first-order valence-corrected chi connectivity index (χ1v) is 11.9. The fourth-order valence-corrected chi connectivity index (χ4v) is 3.47. The Bertz CT molecular complexity index is 1530. The molecule has 0 radical (unpaired) electrons. The molecule has 15 heteroatoms. The van der Waals surface area contributed by atoms with E-state index in [4.69, 9.17) is 18.9 Å². The molecule has 0 saturated carbocycles. The van der Waals surface area contributed by atoms with E-state index in [1.807, 2.05) is 6.07 Å². The summed E-state index contributed by atoms with van der Waals surface area (Å²) in [6.45, 7) is 3.39. The summed E-state index contributed by atoms with van der Waals surface area (Å²) in [6.07, 6.45) is 1.32. The Hall–Kier alpha value is -5.62. The van der Waals surface area contributed by atoms with Crippen LogP contribution in [0.25, 0.3) is 0 Å². The highest BCUT2D eigenvalue weighted by Crippen LogP contribution is 2.38. The molecule has 0 bridgehead atoms. The number of nitrogens with one attached hydrogen (secondary N) is 1. The van der Waals surface area contributed by atoms with Gasteiger partial charge in [0, 0.05) is 24.4 Å². The van der Waals surface area contributed by atoms with Gasteiger partial charge in [0.15, 0.2) is 18.1 Å². The number of non-ortho nitro benzene ring substituents is 1. The van der Waals surface area contributed by atoms with Crippen molar-refractivity contribution in [2.45, 2.75) is 20.5 Å². The van der Waals surface area contributed by atoms with Crippen LogP contribution in [0.1, 0.15) is 29.3 Å². The molecule has 41 heavy (non-hydrogen) atoms. The van der Waals surface area contributed by atoms with E-state index in [1.165, 1.54) is 25.5 Å². The van der Waals surface area contributed by atoms with Crippen molar-refractivity contribution in [2.24, 2.45) is 5.10 Å². The van der Waals surface area contributed by atoms with Crippen molar-refractivity contribution in [1.29, 1.82) is 5.26 Å². The van der Waals surface area contributed by atoms with Crippen LogP contribution in [0.4, 0.5) is 11.4 Å². The fraction of sp³-hybridized carbons (Fsp3) is 0.231. The highest BCUT2D eigenvalue weighted by Gasteiger charge is 2.22. The molecule has 0 unspecified atom stereocenters. The molecule has 1 amide bonds. The Morgan fingerprint density at radius 3 is 2.51 bits per heavy atom. The van der Waals surface area contributed by atoms with Gasteiger partial charge in [-0.3, -0.25) is 25.0 Å². The molecule has 0 saturated heterocycles. The number of nitro benzene ring substituents is 2. The van der Waals surface area contributed by atoms with Gasteiger partial charge in [-0.1, -0.05) is 0 Å². The maximum atomic E-state index is 12.3. The Labute approximate surface area is 233 Å². The normalized spacial score (nSPS) is 10.6. The Kier molecular flexibility index (Phi) is 10.2. The number of hydrazone groups is 1. The van der Waals surface area contributed by atoms with Crippen molar-refractivity contribution < 1.29 is 33.6 Å². The summed E-state index contributed by atoms with van der Waals surface area (Å²) >= 11 is 0. The lowest BCUT2D eigenvalue weighted by Crippen LogP contribution is -2.25. The number of nitrogens with zero attached hydrogens (tertiary/aromatic N) is 5. The SMILES string of the molecule is CCOc1cc(/C=N\NC(=O)COc2nc(C)cc(COC)c2C#N)ccc1Oc1ccc([N+](=O)[O-])cc1[N+](=O)[O-]. The van der Waals surface area contributed by atoms with Crippen molar-refractivity contribution in [2.75, 3.05) is 20.3 Å². The van der Waals surface area contributed by atoms with Crippen LogP contribution in [0.5, 0.6) is 23.1 Å². The zero-order chi connectivity index (χ0) is 29.9. The molecule has 1 N–H and O–H groups in total. The summed E-state index contributed by atoms with van der Waals surface area (Å²) in [5.41, 5.74) is 3.08. The number of carbonyl (C=O) groups excluding carboxylic acids is 1. The van der Waals surface area contributed by atoms with E-state index in [0.717, 1.165) is 18.2 Å². The van der Waals surface area contributed by atoms with Crippen LogP contribution >= 0.6 is 0 Å². The monoisotopic (exact) mass is 564 g/mol. The first kappa shape index (κ1) is 29.9. The van der Waals surface area contributed by atoms with Crippen molar-refractivity contribution in [3.8, 4) is 29.2 Å². The van der Waals surface area contributed by atoms with Crippen LogP contribution in [-0.2, 0) is 16.1 Å². The van der Waals surface area contributed by atoms with E-state index < -0.39 is 33.7 Å². The summed E-state index contributed by atoms with van der Waals surface area (Å²) in [7, 11) is 1.49. The van der Waals surface area contributed by atoms with E-state index in [-0.39, 0.29) is 41.9 Å². The van der Waals surface area contributed by atoms with E-state index in [9.17, 15) is 30.3 Å². The lowest BCUT2D eigenvalue weighted by atomic mass is 10.1. The number of amides is 1. The topological polar surface area (TPSA) is 201 Å². The zero-order valence-electron chi connectivity index (χ0n) is 22.2. The first-order chi connectivity index (χ1) is 19.7. The second kappa shape index (κ2) is 14.0. The van der Waals surface area contributed by atoms with Crippen molar-refractivity contribution in [3.05, 3.63) is 85.1 Å². The molecule has 0 aliphatic heterocycles. The molecule has 15 nitrogen and oxygen atoms in total. The lowest BCUT2D eigenvalue weighted by Gasteiger charge is -2.12. The molecule has 2 aromatic carbocycles. The molecule has 0 aliphatic carbocycles. The molecule has 1 heterocycles. The van der Waals surface area contributed by atoms with Gasteiger partial charge in [0.1, 0.15) is 11.6 Å². The average molecular weight is 565 g/mol. The number of benzene rings is 2. The second-order valence-electron chi connectivity index (χ2n) is 8.14. The highest BCUT2D eigenvalue weighted by atomic mass is 16.6. The first-order valence-electron chi connectivity index (χ1n) is 11.9. The number of nitro groups is 2. The predicted octanol–water partition coefficient (Wildman–Crippen LogP) is 3.94. The van der Waals surface area contributed by atoms with Crippen molar-refractivity contribution in [1.82, 2.24) is 10.4 Å². The molecule has 3 aromatic rings. The maximum Gasteiger partial charge on any atom is 0.318 e. The average Bonchev–Trinajstić information content (AvgIpc) is 2.93. The highest BCUT2D eigenvalue weighted by molar-refractivity contribution is 5.83. The number of rotatable bonds is 13. The van der Waals surface area contributed by atoms with Crippen LogP contribution in [0, 0.1) is 38.5 Å². The van der Waals surface area contributed by atoms with Gasteiger partial charge in [0.2, 0.25) is 11.6 Å². The predicted molar refractivity (Wildman–Crippen MR) is 143 cm³/mol. The van der Waals surface area contributed by atoms with Gasteiger partial charge in [-0.25, -0.2) is 10.4 Å². The summed E-state index contributed by atoms with van der Waals surface area (Å²) in [4.78, 5) is 37.3. The van der Waals surface area contributed by atoms with Gasteiger partial charge < -0.3 is 18.9 Å². The van der Waals surface area contributed by atoms with Crippen LogP contribution < -0.4 is 19.6 Å². The van der Waals surface area contributed by atoms with Crippen LogP contribution in [0.3, 0.4) is 0 Å². The Balaban J connectivity index is 1.70. The van der Waals surface area contributed by atoms with Gasteiger partial charge in [-0.05, 0) is 49.7 Å². The number of methoxy groups -OCH3 is 1. The Morgan fingerprint density at radius 2 is 1.85 bits per heavy atom. The second-order valence-corrected chi connectivity index (χ2v) is 8.14. The van der Waals surface area contributed by atoms with E-state index >= 15 is 0 Å². The largest absolute Gasteiger partial charge is 0.490 e. The third-order valence-corrected chi connectivity index (χ3v) is 5.19. The molecular formula is C26H24N6O9. The molecule has 0 fully saturated rings. The van der Waals surface area contributed by atoms with E-state index in [2.05, 4.69) is 15.5 Å². The third kappa shape index (κ3) is 7.94. The smallest absolute Gasteiger partial charge is 0.318 e. The number of aryl methyl sites for hydroxylation is 1.